The second kappa shape index (κ2) is 6.59. The number of aliphatic hydroxyl groups is 1. The largest absolute Gasteiger partial charge is 0.487 e. The molecule has 2 unspecified atom stereocenters. The summed E-state index contributed by atoms with van der Waals surface area (Å²) < 4.78 is 6.58. The molecular weight excluding hydrogens is 324 g/mol. The number of aliphatic hydroxyl groups excluding tert-OH is 1. The predicted molar refractivity (Wildman–Crippen MR) is 79.3 cm³/mol. The summed E-state index contributed by atoms with van der Waals surface area (Å²) in [5, 5.41) is 19.4. The van der Waals surface area contributed by atoms with E-state index in [1.54, 1.807) is 0 Å². The fourth-order valence-electron chi connectivity index (χ4n) is 2.59. The maximum Gasteiger partial charge on any atom is 0.339 e. The van der Waals surface area contributed by atoms with Crippen molar-refractivity contribution in [2.45, 2.75) is 51.2 Å². The molecule has 20 heavy (non-hydrogen) atoms. The first kappa shape index (κ1) is 15.3. The monoisotopic (exact) mass is 342 g/mol. The first-order valence-corrected chi connectivity index (χ1v) is 7.66. The molecule has 5 heteroatoms. The quantitative estimate of drug-likeness (QED) is 0.824. The van der Waals surface area contributed by atoms with E-state index < -0.39 is 12.1 Å². The summed E-state index contributed by atoms with van der Waals surface area (Å²) in [6, 6.07) is 3.36. The number of carboxylic acid groups (broad SMARTS) is 1. The molecule has 2 rings (SSSR count). The summed E-state index contributed by atoms with van der Waals surface area (Å²) in [4.78, 5) is 11.4. The van der Waals surface area contributed by atoms with Gasteiger partial charge in [0.1, 0.15) is 17.4 Å². The second-order valence-corrected chi connectivity index (χ2v) is 6.18. The predicted octanol–water partition coefficient (Wildman–Crippen LogP) is 3.53. The third-order valence-electron chi connectivity index (χ3n) is 3.66. The zero-order valence-corrected chi connectivity index (χ0v) is 13.0. The van der Waals surface area contributed by atoms with E-state index in [2.05, 4.69) is 15.9 Å². The minimum absolute atomic E-state index is 0.133. The highest BCUT2D eigenvalue weighted by Gasteiger charge is 2.26. The molecule has 110 valence electrons. The van der Waals surface area contributed by atoms with Crippen LogP contribution >= 0.6 is 15.9 Å². The van der Waals surface area contributed by atoms with Gasteiger partial charge >= 0.3 is 5.97 Å². The molecule has 0 bridgehead atoms. The maximum atomic E-state index is 11.4. The average molecular weight is 343 g/mol. The summed E-state index contributed by atoms with van der Waals surface area (Å²) in [7, 11) is 0. The van der Waals surface area contributed by atoms with Crippen molar-refractivity contribution >= 4 is 21.9 Å². The molecule has 1 saturated carbocycles. The molecule has 1 aromatic rings. The van der Waals surface area contributed by atoms with Gasteiger partial charge in [0.2, 0.25) is 0 Å². The number of hydrogen-bond acceptors (Lipinski definition) is 3. The summed E-state index contributed by atoms with van der Waals surface area (Å²) in [5.74, 6) is -0.654. The molecular formula is C15H19BrO4. The van der Waals surface area contributed by atoms with Gasteiger partial charge in [-0.15, -0.1) is 0 Å². The Labute approximate surface area is 126 Å². The van der Waals surface area contributed by atoms with Crippen LogP contribution in [0.15, 0.2) is 16.6 Å². The van der Waals surface area contributed by atoms with Crippen molar-refractivity contribution in [3.8, 4) is 5.75 Å². The highest BCUT2D eigenvalue weighted by molar-refractivity contribution is 9.10. The molecule has 0 radical (unpaired) electrons. The van der Waals surface area contributed by atoms with E-state index in [1.165, 1.54) is 6.07 Å². The number of carbonyl (C=O) groups is 1. The molecule has 1 aliphatic rings. The van der Waals surface area contributed by atoms with Crippen molar-refractivity contribution in [1.29, 1.82) is 0 Å². The molecule has 1 aliphatic carbocycles. The van der Waals surface area contributed by atoms with Crippen LogP contribution in [-0.4, -0.2) is 28.4 Å². The third-order valence-corrected chi connectivity index (χ3v) is 4.11. The number of carboxylic acids is 1. The van der Waals surface area contributed by atoms with Crippen molar-refractivity contribution in [2.75, 3.05) is 0 Å². The summed E-state index contributed by atoms with van der Waals surface area (Å²) in [5.41, 5.74) is 0.890. The van der Waals surface area contributed by atoms with Gasteiger partial charge in [-0.05, 0) is 43.9 Å². The van der Waals surface area contributed by atoms with Crippen LogP contribution in [0.1, 0.15) is 48.0 Å². The van der Waals surface area contributed by atoms with Crippen LogP contribution in [0.5, 0.6) is 5.75 Å². The smallest absolute Gasteiger partial charge is 0.339 e. The Hall–Kier alpha value is -1.07. The Balaban J connectivity index is 2.29. The SMILES string of the molecule is Cc1cc(Br)cc(C(=O)O)c1OC1CCCCCC1O. The zero-order valence-electron chi connectivity index (χ0n) is 11.4. The zero-order chi connectivity index (χ0) is 14.7. The number of aryl methyl sites for hydroxylation is 1. The molecule has 0 heterocycles. The Bertz CT molecular complexity index is 501. The van der Waals surface area contributed by atoms with Gasteiger partial charge in [-0.2, -0.15) is 0 Å². The Morgan fingerprint density at radius 2 is 2.00 bits per heavy atom. The number of rotatable bonds is 3. The second-order valence-electron chi connectivity index (χ2n) is 5.27. The molecule has 2 atom stereocenters. The average Bonchev–Trinajstić information content (AvgIpc) is 2.57. The molecule has 0 saturated heterocycles. The maximum absolute atomic E-state index is 11.4. The number of benzene rings is 1. The molecule has 0 aliphatic heterocycles. The fourth-order valence-corrected chi connectivity index (χ4v) is 3.16. The van der Waals surface area contributed by atoms with Gasteiger partial charge in [0.25, 0.3) is 0 Å². The van der Waals surface area contributed by atoms with Crippen LogP contribution in [0.4, 0.5) is 0 Å². The normalized spacial score (nSPS) is 23.1. The van der Waals surface area contributed by atoms with Gasteiger partial charge in [-0.1, -0.05) is 28.8 Å². The Kier molecular flexibility index (Phi) is 5.05. The van der Waals surface area contributed by atoms with Crippen LogP contribution in [0.25, 0.3) is 0 Å². The lowest BCUT2D eigenvalue weighted by Crippen LogP contribution is -2.31. The number of hydrogen-bond donors (Lipinski definition) is 2. The first-order valence-electron chi connectivity index (χ1n) is 6.87. The van der Waals surface area contributed by atoms with Crippen LogP contribution in [0.3, 0.4) is 0 Å². The minimum Gasteiger partial charge on any atom is -0.487 e. The van der Waals surface area contributed by atoms with Crippen molar-refractivity contribution in [2.24, 2.45) is 0 Å². The van der Waals surface area contributed by atoms with Crippen molar-refractivity contribution in [3.63, 3.8) is 0 Å². The van der Waals surface area contributed by atoms with Crippen LogP contribution in [0.2, 0.25) is 0 Å². The summed E-state index contributed by atoms with van der Waals surface area (Å²) in [6.07, 6.45) is 3.70. The third kappa shape index (κ3) is 3.52. The summed E-state index contributed by atoms with van der Waals surface area (Å²) in [6.45, 7) is 1.82. The van der Waals surface area contributed by atoms with E-state index in [0.717, 1.165) is 31.2 Å². The first-order chi connectivity index (χ1) is 9.49. The molecule has 0 amide bonds. The number of halogens is 1. The van der Waals surface area contributed by atoms with Crippen molar-refractivity contribution in [3.05, 3.63) is 27.7 Å². The molecule has 0 aromatic heterocycles. The summed E-state index contributed by atoms with van der Waals surface area (Å²) >= 11 is 3.30. The van der Waals surface area contributed by atoms with Gasteiger partial charge in [-0.25, -0.2) is 4.79 Å². The lowest BCUT2D eigenvalue weighted by molar-refractivity contribution is 0.0301. The van der Waals surface area contributed by atoms with Gasteiger partial charge in [0.15, 0.2) is 0 Å². The highest BCUT2D eigenvalue weighted by atomic mass is 79.9. The highest BCUT2D eigenvalue weighted by Crippen LogP contribution is 2.31. The van der Waals surface area contributed by atoms with Crippen LogP contribution in [-0.2, 0) is 0 Å². The number of ether oxygens (including phenoxy) is 1. The van der Waals surface area contributed by atoms with Gasteiger partial charge in [-0.3, -0.25) is 0 Å². The fraction of sp³-hybridized carbons (Fsp3) is 0.533. The molecule has 1 aromatic carbocycles. The van der Waals surface area contributed by atoms with E-state index in [4.69, 9.17) is 4.74 Å². The lowest BCUT2D eigenvalue weighted by Gasteiger charge is -2.24. The van der Waals surface area contributed by atoms with E-state index in [0.29, 0.717) is 16.6 Å². The van der Waals surface area contributed by atoms with E-state index in [-0.39, 0.29) is 11.7 Å². The lowest BCUT2D eigenvalue weighted by atomic mass is 10.1. The van der Waals surface area contributed by atoms with Crippen molar-refractivity contribution < 1.29 is 19.7 Å². The Morgan fingerprint density at radius 3 is 2.70 bits per heavy atom. The molecule has 1 fully saturated rings. The Morgan fingerprint density at radius 1 is 1.30 bits per heavy atom. The van der Waals surface area contributed by atoms with Crippen molar-refractivity contribution in [1.82, 2.24) is 0 Å². The van der Waals surface area contributed by atoms with Gasteiger partial charge in [0.05, 0.1) is 6.10 Å². The molecule has 0 spiro atoms. The van der Waals surface area contributed by atoms with Gasteiger partial charge in [0, 0.05) is 4.47 Å². The van der Waals surface area contributed by atoms with E-state index in [1.807, 2.05) is 13.0 Å². The number of aromatic carboxylic acids is 1. The van der Waals surface area contributed by atoms with Crippen LogP contribution in [0, 0.1) is 6.92 Å². The standard InChI is InChI=1S/C15H19BrO4/c1-9-7-10(16)8-11(15(18)19)14(9)20-13-6-4-2-3-5-12(13)17/h7-8,12-13,17H,2-6H2,1H3,(H,18,19). The topological polar surface area (TPSA) is 66.8 Å². The van der Waals surface area contributed by atoms with E-state index in [9.17, 15) is 15.0 Å². The van der Waals surface area contributed by atoms with E-state index >= 15 is 0 Å². The van der Waals surface area contributed by atoms with Crippen LogP contribution < -0.4 is 4.74 Å². The van der Waals surface area contributed by atoms with Gasteiger partial charge < -0.3 is 14.9 Å². The molecule has 2 N–H and O–H groups in total. The minimum atomic E-state index is -1.02. The molecule has 4 nitrogen and oxygen atoms in total.